The van der Waals surface area contributed by atoms with Crippen molar-refractivity contribution in [2.24, 2.45) is 0 Å². The van der Waals surface area contributed by atoms with Crippen LogP contribution in [-0.4, -0.2) is 38.7 Å². The zero-order valence-electron chi connectivity index (χ0n) is 13.6. The minimum atomic E-state index is 0.546. The van der Waals surface area contributed by atoms with Gasteiger partial charge in [0.15, 0.2) is 11.3 Å². The van der Waals surface area contributed by atoms with E-state index in [0.717, 1.165) is 33.5 Å². The lowest BCUT2D eigenvalue weighted by molar-refractivity contribution is 0.415. The summed E-state index contributed by atoms with van der Waals surface area (Å²) in [4.78, 5) is 13.2. The summed E-state index contributed by atoms with van der Waals surface area (Å²) in [6.45, 7) is 2.06. The molecule has 0 atom stereocenters. The highest BCUT2D eigenvalue weighted by Gasteiger charge is 2.14. The van der Waals surface area contributed by atoms with Gasteiger partial charge in [-0.1, -0.05) is 6.07 Å². The molecule has 0 aliphatic rings. The minimum absolute atomic E-state index is 0.546. The van der Waals surface area contributed by atoms with Gasteiger partial charge in [-0.3, -0.25) is 0 Å². The van der Waals surface area contributed by atoms with E-state index in [1.807, 2.05) is 24.3 Å². The van der Waals surface area contributed by atoms with Crippen LogP contribution in [0.15, 0.2) is 36.8 Å². The summed E-state index contributed by atoms with van der Waals surface area (Å²) in [6.07, 6.45) is 3.32. The molecule has 7 heteroatoms. The molecule has 4 aromatic rings. The largest absolute Gasteiger partial charge is 0.497 e. The van der Waals surface area contributed by atoms with Crippen LogP contribution < -0.4 is 10.1 Å². The first-order valence-electron chi connectivity index (χ1n) is 7.53. The Morgan fingerprint density at radius 1 is 1.08 bits per heavy atom. The van der Waals surface area contributed by atoms with Crippen molar-refractivity contribution in [1.29, 1.82) is 0 Å². The van der Waals surface area contributed by atoms with Gasteiger partial charge in [0.05, 0.1) is 7.11 Å². The molecule has 0 fully saturated rings. The summed E-state index contributed by atoms with van der Waals surface area (Å²) in [5.41, 5.74) is 4.61. The van der Waals surface area contributed by atoms with Crippen LogP contribution in [0.3, 0.4) is 0 Å². The quantitative estimate of drug-likeness (QED) is 0.625. The molecule has 7 nitrogen and oxygen atoms in total. The zero-order chi connectivity index (χ0) is 16.7. The highest BCUT2D eigenvalue weighted by Crippen LogP contribution is 2.32. The number of pyridine rings is 1. The molecule has 0 saturated heterocycles. The third-order valence-corrected chi connectivity index (χ3v) is 4.04. The summed E-state index contributed by atoms with van der Waals surface area (Å²) in [5, 5.41) is 8.18. The van der Waals surface area contributed by atoms with Gasteiger partial charge in [0.25, 0.3) is 0 Å². The van der Waals surface area contributed by atoms with Crippen molar-refractivity contribution in [1.82, 2.24) is 24.6 Å². The van der Waals surface area contributed by atoms with E-state index in [9.17, 15) is 0 Å². The Balaban J connectivity index is 2.07. The molecular weight excluding hydrogens is 304 g/mol. The van der Waals surface area contributed by atoms with Gasteiger partial charge >= 0.3 is 0 Å². The van der Waals surface area contributed by atoms with E-state index in [-0.39, 0.29) is 0 Å². The number of benzene rings is 1. The fourth-order valence-corrected chi connectivity index (χ4v) is 2.79. The number of aryl methyl sites for hydroxylation is 1. The average Bonchev–Trinajstić information content (AvgIpc) is 3.11. The Bertz CT molecular complexity index is 1060. The third-order valence-electron chi connectivity index (χ3n) is 4.04. The Labute approximate surface area is 138 Å². The van der Waals surface area contributed by atoms with Gasteiger partial charge in [-0.25, -0.2) is 9.97 Å². The van der Waals surface area contributed by atoms with Crippen LogP contribution in [0.2, 0.25) is 0 Å². The Morgan fingerprint density at radius 2 is 1.96 bits per heavy atom. The number of anilines is 1. The van der Waals surface area contributed by atoms with E-state index in [4.69, 9.17) is 4.74 Å². The number of methoxy groups -OCH3 is 1. The molecule has 120 valence electrons. The molecule has 1 N–H and O–H groups in total. The number of nitrogens with zero attached hydrogens (tertiary/aromatic N) is 5. The highest BCUT2D eigenvalue weighted by atomic mass is 16.5. The van der Waals surface area contributed by atoms with E-state index in [0.29, 0.717) is 11.6 Å². The lowest BCUT2D eigenvalue weighted by Gasteiger charge is -2.11. The fourth-order valence-electron chi connectivity index (χ4n) is 2.79. The maximum absolute atomic E-state index is 5.37. The van der Waals surface area contributed by atoms with Crippen molar-refractivity contribution in [3.8, 4) is 16.9 Å². The number of aromatic nitrogens is 5. The Hall–Kier alpha value is -3.22. The van der Waals surface area contributed by atoms with Gasteiger partial charge in [0, 0.05) is 24.2 Å². The second kappa shape index (κ2) is 5.45. The van der Waals surface area contributed by atoms with Gasteiger partial charge in [-0.2, -0.15) is 14.6 Å². The monoisotopic (exact) mass is 320 g/mol. The van der Waals surface area contributed by atoms with Crippen LogP contribution in [0, 0.1) is 6.92 Å². The van der Waals surface area contributed by atoms with Crippen LogP contribution in [0.1, 0.15) is 5.56 Å². The second-order valence-corrected chi connectivity index (χ2v) is 5.46. The molecule has 24 heavy (non-hydrogen) atoms. The van der Waals surface area contributed by atoms with E-state index in [1.54, 1.807) is 24.9 Å². The van der Waals surface area contributed by atoms with Crippen molar-refractivity contribution in [2.45, 2.75) is 6.92 Å². The number of hydrogen-bond donors (Lipinski definition) is 1. The summed E-state index contributed by atoms with van der Waals surface area (Å²) >= 11 is 0. The van der Waals surface area contributed by atoms with Crippen molar-refractivity contribution < 1.29 is 4.74 Å². The van der Waals surface area contributed by atoms with E-state index >= 15 is 0 Å². The summed E-state index contributed by atoms with van der Waals surface area (Å²) in [5.74, 6) is 1.35. The van der Waals surface area contributed by atoms with E-state index in [1.165, 1.54) is 6.33 Å². The molecule has 0 aliphatic carbocycles. The third kappa shape index (κ3) is 2.13. The van der Waals surface area contributed by atoms with E-state index in [2.05, 4.69) is 32.3 Å². The summed E-state index contributed by atoms with van der Waals surface area (Å²) < 4.78 is 7.11. The molecule has 0 aliphatic heterocycles. The molecule has 4 rings (SSSR count). The molecule has 3 heterocycles. The molecular formula is C17H16N6O. The SMILES string of the molecule is CNc1ncc2cc(-c3cc(OC)ccc3C)c3ncnn3c2n1. The summed E-state index contributed by atoms with van der Waals surface area (Å²) in [7, 11) is 3.45. The molecule has 0 bridgehead atoms. The normalized spacial score (nSPS) is 11.1. The standard InChI is InChI=1S/C17H16N6O/c1-10-4-5-12(24-3)7-13(10)14-6-11-8-19-17(18-2)22-15(11)23-16(14)20-9-21-23/h4-9H,1-3H3,(H,18,19,22). The first-order chi connectivity index (χ1) is 11.7. The second-order valence-electron chi connectivity index (χ2n) is 5.46. The number of hydrogen-bond acceptors (Lipinski definition) is 6. The van der Waals surface area contributed by atoms with Crippen LogP contribution >= 0.6 is 0 Å². The number of nitrogens with one attached hydrogen (secondary N) is 1. The van der Waals surface area contributed by atoms with Crippen LogP contribution in [0.25, 0.3) is 27.8 Å². The molecule has 0 radical (unpaired) electrons. The molecule has 0 amide bonds. The van der Waals surface area contributed by atoms with Crippen molar-refractivity contribution >= 4 is 22.6 Å². The molecule has 3 aromatic heterocycles. The number of ether oxygens (including phenoxy) is 1. The maximum Gasteiger partial charge on any atom is 0.224 e. The molecule has 0 spiro atoms. The lowest BCUT2D eigenvalue weighted by atomic mass is 10.0. The highest BCUT2D eigenvalue weighted by molar-refractivity contribution is 5.90. The topological polar surface area (TPSA) is 77.2 Å². The summed E-state index contributed by atoms with van der Waals surface area (Å²) in [6, 6.07) is 8.03. The van der Waals surface area contributed by atoms with E-state index < -0.39 is 0 Å². The Morgan fingerprint density at radius 3 is 2.75 bits per heavy atom. The lowest BCUT2D eigenvalue weighted by Crippen LogP contribution is -2.01. The van der Waals surface area contributed by atoms with Crippen molar-refractivity contribution in [3.05, 3.63) is 42.4 Å². The Kier molecular flexibility index (Phi) is 3.26. The van der Waals surface area contributed by atoms with Crippen LogP contribution in [0.4, 0.5) is 5.95 Å². The van der Waals surface area contributed by atoms with Gasteiger partial charge < -0.3 is 10.1 Å². The van der Waals surface area contributed by atoms with Gasteiger partial charge in [0.1, 0.15) is 12.1 Å². The van der Waals surface area contributed by atoms with Gasteiger partial charge in [-0.15, -0.1) is 0 Å². The first kappa shape index (κ1) is 14.4. The zero-order valence-corrected chi connectivity index (χ0v) is 13.6. The molecule has 0 unspecified atom stereocenters. The fraction of sp³-hybridized carbons (Fsp3) is 0.176. The molecule has 1 aromatic carbocycles. The van der Waals surface area contributed by atoms with Gasteiger partial charge in [-0.05, 0) is 36.2 Å². The average molecular weight is 320 g/mol. The van der Waals surface area contributed by atoms with Crippen LogP contribution in [0.5, 0.6) is 5.75 Å². The molecule has 0 saturated carbocycles. The predicted octanol–water partition coefficient (Wildman–Crippen LogP) is 2.70. The van der Waals surface area contributed by atoms with Crippen molar-refractivity contribution in [3.63, 3.8) is 0 Å². The smallest absolute Gasteiger partial charge is 0.224 e. The van der Waals surface area contributed by atoms with Gasteiger partial charge in [0.2, 0.25) is 5.95 Å². The minimum Gasteiger partial charge on any atom is -0.497 e. The predicted molar refractivity (Wildman–Crippen MR) is 92.4 cm³/mol. The maximum atomic E-state index is 5.37. The number of fused-ring (bicyclic) bond motifs is 3. The van der Waals surface area contributed by atoms with Crippen LogP contribution in [-0.2, 0) is 0 Å². The van der Waals surface area contributed by atoms with Crippen molar-refractivity contribution in [2.75, 3.05) is 19.5 Å². The number of rotatable bonds is 3. The first-order valence-corrected chi connectivity index (χ1v) is 7.53.